The molecular weight excluding hydrogens is 371 g/mol. The van der Waals surface area contributed by atoms with Crippen LogP contribution in [0.25, 0.3) is 0 Å². The van der Waals surface area contributed by atoms with Crippen LogP contribution in [0.2, 0.25) is 10.0 Å². The van der Waals surface area contributed by atoms with Crippen LogP contribution < -0.4 is 10.2 Å². The first-order valence-electron chi connectivity index (χ1n) is 8.30. The Kier molecular flexibility index (Phi) is 6.68. The summed E-state index contributed by atoms with van der Waals surface area (Å²) in [7, 11) is 0. The van der Waals surface area contributed by atoms with E-state index in [2.05, 4.69) is 5.32 Å². The summed E-state index contributed by atoms with van der Waals surface area (Å²) in [5.41, 5.74) is 4.49. The van der Waals surface area contributed by atoms with Crippen molar-refractivity contribution in [1.82, 2.24) is 0 Å². The number of rotatable bonds is 5. The monoisotopic (exact) mass is 392 g/mol. The van der Waals surface area contributed by atoms with Gasteiger partial charge >= 0.3 is 0 Å². The van der Waals surface area contributed by atoms with Gasteiger partial charge in [-0.3, -0.25) is 9.59 Å². The van der Waals surface area contributed by atoms with Gasteiger partial charge in [-0.05, 0) is 50.1 Å². The number of hydrogen-bond acceptors (Lipinski definition) is 2. The molecule has 0 radical (unpaired) electrons. The number of carbonyl (C=O) groups excluding carboxylic acids is 2. The molecule has 0 bridgehead atoms. The summed E-state index contributed by atoms with van der Waals surface area (Å²) >= 11 is 12.2. The fourth-order valence-corrected chi connectivity index (χ4v) is 3.32. The molecule has 0 heterocycles. The van der Waals surface area contributed by atoms with Crippen molar-refractivity contribution in [3.05, 3.63) is 57.1 Å². The van der Waals surface area contributed by atoms with Crippen LogP contribution in [0.4, 0.5) is 11.4 Å². The maximum atomic E-state index is 12.4. The minimum atomic E-state index is -0.204. The van der Waals surface area contributed by atoms with Crippen LogP contribution in [0.15, 0.2) is 30.3 Å². The van der Waals surface area contributed by atoms with Crippen molar-refractivity contribution in [3.63, 3.8) is 0 Å². The topological polar surface area (TPSA) is 49.4 Å². The van der Waals surface area contributed by atoms with Crippen molar-refractivity contribution in [2.75, 3.05) is 16.8 Å². The average Bonchev–Trinajstić information content (AvgIpc) is 2.54. The van der Waals surface area contributed by atoms with Gasteiger partial charge in [-0.25, -0.2) is 0 Å². The molecule has 0 saturated heterocycles. The lowest BCUT2D eigenvalue weighted by Gasteiger charge is -2.22. The molecule has 2 aromatic carbocycles. The molecule has 4 nitrogen and oxygen atoms in total. The summed E-state index contributed by atoms with van der Waals surface area (Å²) in [6, 6.07) is 8.96. The Hall–Kier alpha value is -2.04. The summed E-state index contributed by atoms with van der Waals surface area (Å²) in [5, 5.41) is 3.83. The van der Waals surface area contributed by atoms with Crippen LogP contribution in [0, 0.1) is 20.8 Å². The first-order valence-corrected chi connectivity index (χ1v) is 9.05. The molecule has 6 heteroatoms. The van der Waals surface area contributed by atoms with Gasteiger partial charge in [-0.15, -0.1) is 0 Å². The Morgan fingerprint density at radius 3 is 2.23 bits per heavy atom. The number of amides is 2. The minimum absolute atomic E-state index is 0.148. The van der Waals surface area contributed by atoms with Gasteiger partial charge in [0.25, 0.3) is 0 Å². The molecule has 0 saturated carbocycles. The van der Waals surface area contributed by atoms with Gasteiger partial charge in [-0.1, -0.05) is 40.9 Å². The molecule has 0 spiro atoms. The number of nitrogens with zero attached hydrogens (tertiary/aromatic N) is 1. The molecule has 0 unspecified atom stereocenters. The van der Waals surface area contributed by atoms with E-state index in [9.17, 15) is 9.59 Å². The lowest BCUT2D eigenvalue weighted by molar-refractivity contribution is -0.117. The maximum absolute atomic E-state index is 12.4. The van der Waals surface area contributed by atoms with Crippen LogP contribution >= 0.6 is 23.2 Å². The van der Waals surface area contributed by atoms with E-state index >= 15 is 0 Å². The van der Waals surface area contributed by atoms with Crippen LogP contribution in [0.3, 0.4) is 0 Å². The molecule has 2 amide bonds. The van der Waals surface area contributed by atoms with Crippen molar-refractivity contribution in [2.45, 2.75) is 34.1 Å². The molecule has 138 valence electrons. The largest absolute Gasteiger partial charge is 0.326 e. The number of carbonyl (C=O) groups is 2. The average molecular weight is 393 g/mol. The van der Waals surface area contributed by atoms with Gasteiger partial charge < -0.3 is 10.2 Å². The minimum Gasteiger partial charge on any atom is -0.326 e. The van der Waals surface area contributed by atoms with Gasteiger partial charge in [0.1, 0.15) is 0 Å². The first kappa shape index (κ1) is 20.3. The molecule has 0 aromatic heterocycles. The lowest BCUT2D eigenvalue weighted by Crippen LogP contribution is -2.32. The summed E-state index contributed by atoms with van der Waals surface area (Å²) in [4.78, 5) is 25.9. The second kappa shape index (κ2) is 8.56. The fourth-order valence-electron chi connectivity index (χ4n) is 2.93. The second-order valence-corrected chi connectivity index (χ2v) is 7.18. The highest BCUT2D eigenvalue weighted by molar-refractivity contribution is 6.35. The number of nitrogens with one attached hydrogen (secondary N) is 1. The van der Waals surface area contributed by atoms with E-state index in [1.165, 1.54) is 11.8 Å². The number of halogens is 2. The molecule has 1 N–H and O–H groups in total. The van der Waals surface area contributed by atoms with Crippen molar-refractivity contribution < 1.29 is 9.59 Å². The first-order chi connectivity index (χ1) is 12.2. The zero-order chi connectivity index (χ0) is 19.4. The maximum Gasteiger partial charge on any atom is 0.226 e. The summed E-state index contributed by atoms with van der Waals surface area (Å²) in [6.45, 7) is 7.59. The molecule has 0 fully saturated rings. The smallest absolute Gasteiger partial charge is 0.226 e. The fraction of sp³-hybridized carbons (Fsp3) is 0.300. The Bertz CT molecular complexity index is 827. The highest BCUT2D eigenvalue weighted by Gasteiger charge is 2.17. The Balaban J connectivity index is 2.11. The number of aryl methyl sites for hydroxylation is 3. The normalized spacial score (nSPS) is 10.5. The third-order valence-corrected chi connectivity index (χ3v) is 4.64. The highest BCUT2D eigenvalue weighted by Crippen LogP contribution is 2.29. The van der Waals surface area contributed by atoms with E-state index in [0.717, 1.165) is 22.4 Å². The van der Waals surface area contributed by atoms with Crippen LogP contribution in [0.1, 0.15) is 30.0 Å². The van der Waals surface area contributed by atoms with Crippen molar-refractivity contribution in [2.24, 2.45) is 0 Å². The summed E-state index contributed by atoms with van der Waals surface area (Å²) < 4.78 is 0. The molecule has 0 aliphatic heterocycles. The molecule has 0 aliphatic carbocycles. The van der Waals surface area contributed by atoms with Crippen LogP contribution in [-0.4, -0.2) is 18.4 Å². The third-order valence-electron chi connectivity index (χ3n) is 4.08. The van der Waals surface area contributed by atoms with Gasteiger partial charge in [0, 0.05) is 30.6 Å². The Labute approximate surface area is 164 Å². The molecule has 26 heavy (non-hydrogen) atoms. The molecule has 0 aliphatic rings. The van der Waals surface area contributed by atoms with Gasteiger partial charge in [0.15, 0.2) is 0 Å². The molecule has 0 atom stereocenters. The van der Waals surface area contributed by atoms with E-state index in [0.29, 0.717) is 15.7 Å². The van der Waals surface area contributed by atoms with E-state index in [4.69, 9.17) is 23.2 Å². The summed E-state index contributed by atoms with van der Waals surface area (Å²) in [5.74, 6) is -0.367. The number of hydrogen-bond donors (Lipinski definition) is 1. The van der Waals surface area contributed by atoms with E-state index in [1.54, 1.807) is 18.2 Å². The standard InChI is InChI=1S/C20H22Cl2N2O2/c1-12-9-13(2)20(14(3)10-12)23-19(26)7-8-24(15(4)25)18-11-16(21)5-6-17(18)22/h5-6,9-11H,7-8H2,1-4H3,(H,23,26). The number of anilines is 2. The highest BCUT2D eigenvalue weighted by atomic mass is 35.5. The lowest BCUT2D eigenvalue weighted by atomic mass is 10.0. The Morgan fingerprint density at radius 2 is 1.65 bits per heavy atom. The van der Waals surface area contributed by atoms with Crippen LogP contribution in [0.5, 0.6) is 0 Å². The molecular formula is C20H22Cl2N2O2. The van der Waals surface area contributed by atoms with Crippen molar-refractivity contribution in [1.29, 1.82) is 0 Å². The molecule has 2 aromatic rings. The third kappa shape index (κ3) is 4.99. The zero-order valence-corrected chi connectivity index (χ0v) is 16.8. The Morgan fingerprint density at radius 1 is 1.04 bits per heavy atom. The summed E-state index contributed by atoms with van der Waals surface area (Å²) in [6.07, 6.45) is 0.148. The van der Waals surface area contributed by atoms with E-state index in [1.807, 2.05) is 32.9 Å². The van der Waals surface area contributed by atoms with Crippen molar-refractivity contribution >= 4 is 46.4 Å². The quantitative estimate of drug-likeness (QED) is 0.749. The SMILES string of the molecule is CC(=O)N(CCC(=O)Nc1c(C)cc(C)cc1C)c1cc(Cl)ccc1Cl. The molecule has 2 rings (SSSR count). The van der Waals surface area contributed by atoms with Gasteiger partial charge in [0.2, 0.25) is 11.8 Å². The zero-order valence-electron chi connectivity index (χ0n) is 15.3. The van der Waals surface area contributed by atoms with Crippen molar-refractivity contribution in [3.8, 4) is 0 Å². The van der Waals surface area contributed by atoms with Gasteiger partial charge in [-0.2, -0.15) is 0 Å². The second-order valence-electron chi connectivity index (χ2n) is 6.34. The predicted molar refractivity (Wildman–Crippen MR) is 108 cm³/mol. The van der Waals surface area contributed by atoms with E-state index in [-0.39, 0.29) is 24.8 Å². The van der Waals surface area contributed by atoms with Gasteiger partial charge in [0.05, 0.1) is 10.7 Å². The van der Waals surface area contributed by atoms with E-state index < -0.39 is 0 Å². The number of benzene rings is 2. The predicted octanol–water partition coefficient (Wildman–Crippen LogP) is 5.30. The van der Waals surface area contributed by atoms with Crippen LogP contribution in [-0.2, 0) is 9.59 Å².